The molecule has 0 aromatic rings. The fourth-order valence-electron chi connectivity index (χ4n) is 1.74. The average molecular weight is 226 g/mol. The van der Waals surface area contributed by atoms with Gasteiger partial charge >= 0.3 is 0 Å². The summed E-state index contributed by atoms with van der Waals surface area (Å²) in [4.78, 5) is 11.7. The molecule has 1 heterocycles. The molecule has 0 aromatic heterocycles. The Morgan fingerprint density at radius 2 is 2.19 bits per heavy atom. The molecule has 92 valence electrons. The lowest BCUT2D eigenvalue weighted by Gasteiger charge is -2.21. The summed E-state index contributed by atoms with van der Waals surface area (Å²) in [6.07, 6.45) is 4.59. The summed E-state index contributed by atoms with van der Waals surface area (Å²) in [5.74, 6) is 0.364. The minimum Gasteiger partial charge on any atom is -0.379 e. The van der Waals surface area contributed by atoms with Gasteiger partial charge in [-0.3, -0.25) is 4.79 Å². The molecule has 4 nitrogen and oxygen atoms in total. The summed E-state index contributed by atoms with van der Waals surface area (Å²) < 4.78 is 5.31. The maximum absolute atomic E-state index is 11.7. The second-order valence-corrected chi connectivity index (χ2v) is 4.01. The van der Waals surface area contributed by atoms with Gasteiger partial charge < -0.3 is 15.4 Å². The van der Waals surface area contributed by atoms with E-state index in [1.807, 2.05) is 6.08 Å². The molecule has 16 heavy (non-hydrogen) atoms. The van der Waals surface area contributed by atoms with Crippen molar-refractivity contribution < 1.29 is 9.53 Å². The van der Waals surface area contributed by atoms with Crippen molar-refractivity contribution in [3.63, 3.8) is 0 Å². The fraction of sp³-hybridized carbons (Fsp3) is 0.750. The number of piperidine rings is 1. The molecule has 1 aliphatic heterocycles. The summed E-state index contributed by atoms with van der Waals surface area (Å²) in [6, 6.07) is 0. The molecule has 0 bridgehead atoms. The Hall–Kier alpha value is -0.870. The van der Waals surface area contributed by atoms with E-state index in [1.165, 1.54) is 0 Å². The van der Waals surface area contributed by atoms with Crippen LogP contribution in [0.25, 0.3) is 0 Å². The largest absolute Gasteiger partial charge is 0.379 e. The Morgan fingerprint density at radius 3 is 2.88 bits per heavy atom. The van der Waals surface area contributed by atoms with Gasteiger partial charge in [0.25, 0.3) is 0 Å². The number of hydrogen-bond donors (Lipinski definition) is 2. The first-order chi connectivity index (χ1) is 7.84. The van der Waals surface area contributed by atoms with Crippen LogP contribution in [-0.2, 0) is 9.53 Å². The molecule has 1 rings (SSSR count). The van der Waals surface area contributed by atoms with E-state index in [9.17, 15) is 4.79 Å². The number of amides is 1. The molecule has 1 aliphatic rings. The Labute approximate surface area is 97.4 Å². The van der Waals surface area contributed by atoms with Gasteiger partial charge in [-0.15, -0.1) is 6.58 Å². The van der Waals surface area contributed by atoms with E-state index in [0.29, 0.717) is 19.8 Å². The minimum atomic E-state index is 0.175. The van der Waals surface area contributed by atoms with Crippen LogP contribution in [0.2, 0.25) is 0 Å². The molecule has 0 aromatic carbocycles. The molecule has 0 unspecified atom stereocenters. The van der Waals surface area contributed by atoms with Crippen molar-refractivity contribution in [2.24, 2.45) is 5.92 Å². The zero-order valence-electron chi connectivity index (χ0n) is 9.84. The van der Waals surface area contributed by atoms with Crippen LogP contribution in [-0.4, -0.2) is 38.8 Å². The van der Waals surface area contributed by atoms with Crippen molar-refractivity contribution in [1.82, 2.24) is 10.6 Å². The van der Waals surface area contributed by atoms with Gasteiger partial charge in [-0.2, -0.15) is 0 Å². The van der Waals surface area contributed by atoms with E-state index in [0.717, 1.165) is 32.4 Å². The summed E-state index contributed by atoms with van der Waals surface area (Å²) in [5.41, 5.74) is 0. The first kappa shape index (κ1) is 13.2. The fourth-order valence-corrected chi connectivity index (χ4v) is 1.74. The number of carbonyl (C=O) groups excluding carboxylic acids is 1. The summed E-state index contributed by atoms with van der Waals surface area (Å²) >= 11 is 0. The van der Waals surface area contributed by atoms with Crippen LogP contribution in [0.1, 0.15) is 19.3 Å². The molecule has 0 radical (unpaired) electrons. The smallest absolute Gasteiger partial charge is 0.223 e. The Balaban J connectivity index is 1.99. The third-order valence-electron chi connectivity index (χ3n) is 2.72. The van der Waals surface area contributed by atoms with Crippen molar-refractivity contribution in [3.05, 3.63) is 12.7 Å². The van der Waals surface area contributed by atoms with Crippen LogP contribution in [0.3, 0.4) is 0 Å². The lowest BCUT2D eigenvalue weighted by molar-refractivity contribution is -0.125. The lowest BCUT2D eigenvalue weighted by atomic mass is 9.97. The molecule has 0 atom stereocenters. The second-order valence-electron chi connectivity index (χ2n) is 4.01. The van der Waals surface area contributed by atoms with Gasteiger partial charge in [-0.25, -0.2) is 0 Å². The Morgan fingerprint density at radius 1 is 1.44 bits per heavy atom. The van der Waals surface area contributed by atoms with Crippen molar-refractivity contribution in [2.45, 2.75) is 19.3 Å². The number of rotatable bonds is 7. The van der Waals surface area contributed by atoms with Crippen molar-refractivity contribution in [2.75, 3.05) is 32.8 Å². The minimum absolute atomic E-state index is 0.175. The number of nitrogens with one attached hydrogen (secondary N) is 2. The van der Waals surface area contributed by atoms with E-state index in [2.05, 4.69) is 17.2 Å². The van der Waals surface area contributed by atoms with Gasteiger partial charge in [-0.1, -0.05) is 6.08 Å². The Kier molecular flexibility index (Phi) is 6.85. The topological polar surface area (TPSA) is 50.4 Å². The average Bonchev–Trinajstić information content (AvgIpc) is 2.34. The maximum Gasteiger partial charge on any atom is 0.223 e. The van der Waals surface area contributed by atoms with Crippen LogP contribution in [0, 0.1) is 5.92 Å². The zero-order chi connectivity index (χ0) is 11.6. The van der Waals surface area contributed by atoms with Gasteiger partial charge in [0, 0.05) is 12.5 Å². The SMILES string of the molecule is C=CCCOCCNC(=O)C1CCNCC1. The predicted molar refractivity (Wildman–Crippen MR) is 64.2 cm³/mol. The molecule has 0 saturated carbocycles. The van der Waals surface area contributed by atoms with Gasteiger partial charge in [0.15, 0.2) is 0 Å². The van der Waals surface area contributed by atoms with E-state index < -0.39 is 0 Å². The Bertz CT molecular complexity index is 213. The zero-order valence-corrected chi connectivity index (χ0v) is 9.84. The van der Waals surface area contributed by atoms with Crippen LogP contribution < -0.4 is 10.6 Å². The summed E-state index contributed by atoms with van der Waals surface area (Å²) in [7, 11) is 0. The van der Waals surface area contributed by atoms with Crippen LogP contribution >= 0.6 is 0 Å². The van der Waals surface area contributed by atoms with Gasteiger partial charge in [0.2, 0.25) is 5.91 Å². The lowest BCUT2D eigenvalue weighted by Crippen LogP contribution is -2.39. The number of carbonyl (C=O) groups is 1. The van der Waals surface area contributed by atoms with E-state index >= 15 is 0 Å². The van der Waals surface area contributed by atoms with Crippen LogP contribution in [0.4, 0.5) is 0 Å². The maximum atomic E-state index is 11.7. The number of ether oxygens (including phenoxy) is 1. The highest BCUT2D eigenvalue weighted by Crippen LogP contribution is 2.10. The summed E-state index contributed by atoms with van der Waals surface area (Å²) in [5, 5.41) is 6.16. The molecular weight excluding hydrogens is 204 g/mol. The quantitative estimate of drug-likeness (QED) is 0.496. The van der Waals surface area contributed by atoms with E-state index in [4.69, 9.17) is 4.74 Å². The molecule has 1 fully saturated rings. The molecule has 4 heteroatoms. The van der Waals surface area contributed by atoms with E-state index in [1.54, 1.807) is 0 Å². The third kappa shape index (κ3) is 5.28. The highest BCUT2D eigenvalue weighted by atomic mass is 16.5. The normalized spacial score (nSPS) is 17.0. The predicted octanol–water partition coefficient (Wildman–Crippen LogP) is 0.695. The highest BCUT2D eigenvalue weighted by Gasteiger charge is 2.19. The first-order valence-electron chi connectivity index (χ1n) is 6.01. The van der Waals surface area contributed by atoms with Crippen molar-refractivity contribution in [1.29, 1.82) is 0 Å². The van der Waals surface area contributed by atoms with Gasteiger partial charge in [0.05, 0.1) is 13.2 Å². The van der Waals surface area contributed by atoms with Crippen LogP contribution in [0.15, 0.2) is 12.7 Å². The third-order valence-corrected chi connectivity index (χ3v) is 2.72. The standard InChI is InChI=1S/C12H22N2O2/c1-2-3-9-16-10-8-14-12(15)11-4-6-13-7-5-11/h2,11,13H,1,3-10H2,(H,14,15). The van der Waals surface area contributed by atoms with Gasteiger partial charge in [-0.05, 0) is 32.4 Å². The number of hydrogen-bond acceptors (Lipinski definition) is 3. The van der Waals surface area contributed by atoms with Gasteiger partial charge in [0.1, 0.15) is 0 Å². The van der Waals surface area contributed by atoms with Crippen LogP contribution in [0.5, 0.6) is 0 Å². The molecule has 2 N–H and O–H groups in total. The van der Waals surface area contributed by atoms with Crippen molar-refractivity contribution >= 4 is 5.91 Å². The first-order valence-corrected chi connectivity index (χ1v) is 6.01. The second kappa shape index (κ2) is 8.30. The molecular formula is C12H22N2O2. The van der Waals surface area contributed by atoms with E-state index in [-0.39, 0.29) is 11.8 Å². The molecule has 1 amide bonds. The molecule has 0 aliphatic carbocycles. The monoisotopic (exact) mass is 226 g/mol. The summed E-state index contributed by atoms with van der Waals surface area (Å²) in [6.45, 7) is 7.40. The molecule has 0 spiro atoms. The van der Waals surface area contributed by atoms with Crippen molar-refractivity contribution in [3.8, 4) is 0 Å². The highest BCUT2D eigenvalue weighted by molar-refractivity contribution is 5.78. The molecule has 1 saturated heterocycles.